The van der Waals surface area contributed by atoms with Crippen molar-refractivity contribution in [1.29, 1.82) is 0 Å². The molecule has 0 atom stereocenters. The second-order valence-corrected chi connectivity index (χ2v) is 4.97. The molecule has 0 unspecified atom stereocenters. The highest BCUT2D eigenvalue weighted by atomic mass is 31.1. The van der Waals surface area contributed by atoms with Crippen molar-refractivity contribution >= 4 is 13.8 Å². The SMILES string of the molecule is C=[P+](C)C.CC(C)C. The monoisotopic (exact) mass is 133 g/mol. The van der Waals surface area contributed by atoms with Crippen LogP contribution in [0.1, 0.15) is 20.8 Å². The van der Waals surface area contributed by atoms with Gasteiger partial charge in [0.25, 0.3) is 0 Å². The third-order valence-electron chi connectivity index (χ3n) is 0. The van der Waals surface area contributed by atoms with Crippen LogP contribution in [0.2, 0.25) is 0 Å². The van der Waals surface area contributed by atoms with Gasteiger partial charge in [-0.25, -0.2) is 0 Å². The van der Waals surface area contributed by atoms with Gasteiger partial charge in [-0.05, 0) is 5.92 Å². The van der Waals surface area contributed by atoms with Crippen LogP contribution in [0, 0.1) is 5.92 Å². The van der Waals surface area contributed by atoms with Gasteiger partial charge in [-0.15, -0.1) is 0 Å². The van der Waals surface area contributed by atoms with Crippen LogP contribution in [0.4, 0.5) is 0 Å². The molecule has 0 aliphatic carbocycles. The molecule has 0 saturated carbocycles. The molecule has 0 fully saturated rings. The predicted octanol–water partition coefficient (Wildman–Crippen LogP) is 2.82. The smallest absolute Gasteiger partial charge is 0.0630 e. The van der Waals surface area contributed by atoms with Crippen molar-refractivity contribution in [2.24, 2.45) is 5.92 Å². The van der Waals surface area contributed by atoms with Crippen molar-refractivity contribution in [2.45, 2.75) is 20.8 Å². The second-order valence-electron chi connectivity index (χ2n) is 2.81. The Kier molecular flexibility index (Phi) is 9.89. The normalized spacial score (nSPS) is 7.75. The van der Waals surface area contributed by atoms with E-state index < -0.39 is 0 Å². The van der Waals surface area contributed by atoms with Gasteiger partial charge in [-0.3, -0.25) is 0 Å². The van der Waals surface area contributed by atoms with Gasteiger partial charge in [0.2, 0.25) is 0 Å². The average molecular weight is 133 g/mol. The number of hydrogen-bond donors (Lipinski definition) is 0. The van der Waals surface area contributed by atoms with E-state index >= 15 is 0 Å². The minimum Gasteiger partial charge on any atom is -0.0630 e. The summed E-state index contributed by atoms with van der Waals surface area (Å²) >= 11 is 0. The molecular formula is C7H18P+. The third kappa shape index (κ3) is 5710. The molecule has 0 N–H and O–H groups in total. The fourth-order valence-electron chi connectivity index (χ4n) is 0. The lowest BCUT2D eigenvalue weighted by atomic mass is 10.3. The van der Waals surface area contributed by atoms with E-state index in [1.54, 1.807) is 0 Å². The van der Waals surface area contributed by atoms with Crippen LogP contribution in [0.3, 0.4) is 0 Å². The number of rotatable bonds is 0. The Morgan fingerprint density at radius 2 is 1.12 bits per heavy atom. The molecule has 0 aromatic carbocycles. The summed E-state index contributed by atoms with van der Waals surface area (Å²) in [6.45, 7) is 10.7. The van der Waals surface area contributed by atoms with Crippen molar-refractivity contribution < 1.29 is 0 Å². The Morgan fingerprint density at radius 1 is 1.12 bits per heavy atom. The molecule has 0 aliphatic heterocycles. The molecule has 0 amide bonds. The van der Waals surface area contributed by atoms with E-state index in [0.717, 1.165) is 5.92 Å². The van der Waals surface area contributed by atoms with Gasteiger partial charge >= 0.3 is 0 Å². The second kappa shape index (κ2) is 7.17. The number of hydrogen-bond acceptors (Lipinski definition) is 0. The zero-order valence-electron chi connectivity index (χ0n) is 6.73. The molecule has 0 rings (SSSR count). The first-order chi connectivity index (χ1) is 3.46. The molecule has 0 aromatic rings. The summed E-state index contributed by atoms with van der Waals surface area (Å²) in [5, 5.41) is 0. The maximum Gasteiger partial charge on any atom is 0.0951 e. The summed E-state index contributed by atoms with van der Waals surface area (Å²) in [7, 11) is 0.130. The van der Waals surface area contributed by atoms with E-state index in [4.69, 9.17) is 0 Å². The highest BCUT2D eigenvalue weighted by Gasteiger charge is 1.68. The van der Waals surface area contributed by atoms with Crippen LogP contribution >= 0.6 is 7.55 Å². The molecular weight excluding hydrogens is 115 g/mol. The van der Waals surface area contributed by atoms with Crippen LogP contribution < -0.4 is 0 Å². The lowest BCUT2D eigenvalue weighted by Crippen LogP contribution is -1.66. The Labute approximate surface area is 54.7 Å². The van der Waals surface area contributed by atoms with Crippen LogP contribution in [0.25, 0.3) is 0 Å². The summed E-state index contributed by atoms with van der Waals surface area (Å²) in [5.41, 5.74) is 0. The summed E-state index contributed by atoms with van der Waals surface area (Å²) in [6.07, 6.45) is 3.70. The minimum absolute atomic E-state index is 0.130. The van der Waals surface area contributed by atoms with Crippen molar-refractivity contribution in [3.63, 3.8) is 0 Å². The molecule has 0 saturated heterocycles. The van der Waals surface area contributed by atoms with Crippen molar-refractivity contribution in [3.05, 3.63) is 0 Å². The van der Waals surface area contributed by atoms with Gasteiger partial charge < -0.3 is 0 Å². The topological polar surface area (TPSA) is 0 Å². The summed E-state index contributed by atoms with van der Waals surface area (Å²) in [6, 6.07) is 0. The predicted molar refractivity (Wildman–Crippen MR) is 46.4 cm³/mol. The minimum atomic E-state index is 0.130. The van der Waals surface area contributed by atoms with Crippen LogP contribution in [0.5, 0.6) is 0 Å². The zero-order valence-corrected chi connectivity index (χ0v) is 7.63. The highest BCUT2D eigenvalue weighted by Crippen LogP contribution is 1.99. The molecule has 0 bridgehead atoms. The van der Waals surface area contributed by atoms with Gasteiger partial charge in [-0.1, -0.05) is 20.8 Å². The summed E-state index contributed by atoms with van der Waals surface area (Å²) < 4.78 is 0. The quantitative estimate of drug-likeness (QED) is 0.446. The lowest BCUT2D eigenvalue weighted by molar-refractivity contribution is 0.737. The fourth-order valence-corrected chi connectivity index (χ4v) is 0. The van der Waals surface area contributed by atoms with Gasteiger partial charge in [0.15, 0.2) is 0 Å². The van der Waals surface area contributed by atoms with E-state index in [9.17, 15) is 0 Å². The van der Waals surface area contributed by atoms with Crippen LogP contribution in [-0.4, -0.2) is 19.6 Å². The Balaban J connectivity index is 0. The molecule has 0 aromatic heterocycles. The standard InChI is InChI=1S/C4H10.C3H8P/c2*1-4(2)3/h4H,1-3H3;1H2,2-3H3/q;+1. The van der Waals surface area contributed by atoms with Crippen LogP contribution in [-0.2, 0) is 0 Å². The Hall–Kier alpha value is 0.170. The van der Waals surface area contributed by atoms with Gasteiger partial charge in [0.05, 0.1) is 27.2 Å². The van der Waals surface area contributed by atoms with Gasteiger partial charge in [0.1, 0.15) is 0 Å². The maximum absolute atomic E-state index is 3.70. The molecule has 50 valence electrons. The summed E-state index contributed by atoms with van der Waals surface area (Å²) in [4.78, 5) is 0. The van der Waals surface area contributed by atoms with E-state index in [1.165, 1.54) is 0 Å². The molecule has 0 heterocycles. The zero-order chi connectivity index (χ0) is 7.15. The van der Waals surface area contributed by atoms with Crippen molar-refractivity contribution in [3.8, 4) is 0 Å². The molecule has 0 spiro atoms. The highest BCUT2D eigenvalue weighted by molar-refractivity contribution is 7.54. The van der Waals surface area contributed by atoms with E-state index in [2.05, 4.69) is 40.4 Å². The summed E-state index contributed by atoms with van der Waals surface area (Å²) in [5.74, 6) is 0.833. The van der Waals surface area contributed by atoms with E-state index in [1.807, 2.05) is 0 Å². The maximum atomic E-state index is 3.70. The molecule has 0 aliphatic rings. The van der Waals surface area contributed by atoms with Crippen molar-refractivity contribution in [1.82, 2.24) is 0 Å². The third-order valence-corrected chi connectivity index (χ3v) is 0. The van der Waals surface area contributed by atoms with Gasteiger partial charge in [0, 0.05) is 0 Å². The molecule has 8 heavy (non-hydrogen) atoms. The van der Waals surface area contributed by atoms with Gasteiger partial charge in [-0.2, -0.15) is 0 Å². The Bertz CT molecular complexity index is 48.7. The largest absolute Gasteiger partial charge is 0.0951 e. The first kappa shape index (κ1) is 11.0. The Morgan fingerprint density at radius 3 is 1.12 bits per heavy atom. The molecule has 0 radical (unpaired) electrons. The molecule has 1 heteroatoms. The average Bonchev–Trinajstić information content (AvgIpc) is 1.25. The van der Waals surface area contributed by atoms with Crippen molar-refractivity contribution in [2.75, 3.05) is 13.3 Å². The first-order valence-electron chi connectivity index (χ1n) is 2.94. The van der Waals surface area contributed by atoms with E-state index in [0.29, 0.717) is 0 Å². The molecule has 0 nitrogen and oxygen atoms in total. The van der Waals surface area contributed by atoms with Crippen LogP contribution in [0.15, 0.2) is 0 Å². The van der Waals surface area contributed by atoms with E-state index in [-0.39, 0.29) is 7.55 Å². The lowest BCUT2D eigenvalue weighted by Gasteiger charge is -1.79. The fraction of sp³-hybridized carbons (Fsp3) is 0.857. The first-order valence-corrected chi connectivity index (χ1v) is 5.36.